The van der Waals surface area contributed by atoms with Crippen molar-refractivity contribution in [2.45, 2.75) is 32.0 Å². The van der Waals surface area contributed by atoms with Gasteiger partial charge in [0.1, 0.15) is 12.1 Å². The van der Waals surface area contributed by atoms with E-state index >= 15 is 0 Å². The van der Waals surface area contributed by atoms with E-state index in [9.17, 15) is 22.8 Å². The summed E-state index contributed by atoms with van der Waals surface area (Å²) in [6.07, 6.45) is -4.09. The van der Waals surface area contributed by atoms with Gasteiger partial charge in [-0.15, -0.1) is 0 Å². The second-order valence-corrected chi connectivity index (χ2v) is 10.6. The molecule has 2 saturated heterocycles. The molecule has 2 heterocycles. The zero-order chi connectivity index (χ0) is 30.2. The first-order valence-electron chi connectivity index (χ1n) is 13.3. The summed E-state index contributed by atoms with van der Waals surface area (Å²) in [5.41, 5.74) is -2.71. The Morgan fingerprint density at radius 1 is 1.07 bits per heavy atom. The van der Waals surface area contributed by atoms with Gasteiger partial charge in [0, 0.05) is 39.8 Å². The molecule has 0 aliphatic carbocycles. The average Bonchev–Trinajstić information content (AvgIpc) is 3.10. The number of methoxy groups -OCH3 is 1. The molecule has 2 fully saturated rings. The van der Waals surface area contributed by atoms with Gasteiger partial charge in [0.2, 0.25) is 5.91 Å². The van der Waals surface area contributed by atoms with Crippen LogP contribution >= 0.6 is 12.2 Å². The fourth-order valence-electron chi connectivity index (χ4n) is 4.73. The fraction of sp³-hybridized carbons (Fsp3) is 0.630. The van der Waals surface area contributed by atoms with Gasteiger partial charge in [-0.3, -0.25) is 19.4 Å². The predicted octanol–water partition coefficient (Wildman–Crippen LogP) is 2.50. The lowest BCUT2D eigenvalue weighted by Crippen LogP contribution is -2.50. The summed E-state index contributed by atoms with van der Waals surface area (Å²) in [7, 11) is 1.60. The highest BCUT2D eigenvalue weighted by molar-refractivity contribution is 7.80. The molecule has 226 valence electrons. The molecular formula is C27H36F3N5O5S. The third-order valence-electron chi connectivity index (χ3n) is 7.12. The summed E-state index contributed by atoms with van der Waals surface area (Å²) in [4.78, 5) is 32.5. The van der Waals surface area contributed by atoms with Crippen LogP contribution in [-0.4, -0.2) is 117 Å². The molecule has 0 bridgehead atoms. The van der Waals surface area contributed by atoms with Crippen LogP contribution in [-0.2, 0) is 30.0 Å². The maximum Gasteiger partial charge on any atom is 0.417 e. The number of nitriles is 1. The smallest absolute Gasteiger partial charge is 0.382 e. The molecule has 0 saturated carbocycles. The number of carbonyl (C=O) groups is 2. The molecule has 3 rings (SSSR count). The molecule has 1 aromatic carbocycles. The Morgan fingerprint density at radius 3 is 2.37 bits per heavy atom. The van der Waals surface area contributed by atoms with Crippen LogP contribution in [0.3, 0.4) is 0 Å². The number of anilines is 1. The molecule has 0 N–H and O–H groups in total. The van der Waals surface area contributed by atoms with Gasteiger partial charge >= 0.3 is 6.18 Å². The third kappa shape index (κ3) is 8.14. The van der Waals surface area contributed by atoms with Crippen LogP contribution in [0.2, 0.25) is 0 Å². The van der Waals surface area contributed by atoms with Gasteiger partial charge in [0.15, 0.2) is 5.11 Å². The van der Waals surface area contributed by atoms with Gasteiger partial charge < -0.3 is 24.0 Å². The zero-order valence-electron chi connectivity index (χ0n) is 23.5. The largest absolute Gasteiger partial charge is 0.417 e. The van der Waals surface area contributed by atoms with E-state index in [4.69, 9.17) is 31.7 Å². The molecule has 10 nitrogen and oxygen atoms in total. The number of hydrogen-bond donors (Lipinski definition) is 0. The molecule has 2 aliphatic rings. The summed E-state index contributed by atoms with van der Waals surface area (Å²) in [6, 6.07) is 4.70. The van der Waals surface area contributed by atoms with E-state index < -0.39 is 28.7 Å². The van der Waals surface area contributed by atoms with Crippen molar-refractivity contribution in [2.24, 2.45) is 0 Å². The van der Waals surface area contributed by atoms with Crippen molar-refractivity contribution in [3.05, 3.63) is 29.3 Å². The highest BCUT2D eigenvalue weighted by atomic mass is 32.1. The van der Waals surface area contributed by atoms with E-state index in [0.717, 1.165) is 17.0 Å². The minimum Gasteiger partial charge on any atom is -0.382 e. The van der Waals surface area contributed by atoms with Crippen LogP contribution in [0.15, 0.2) is 18.2 Å². The maximum absolute atomic E-state index is 13.5. The molecule has 0 radical (unpaired) electrons. The van der Waals surface area contributed by atoms with Crippen molar-refractivity contribution in [1.29, 1.82) is 5.26 Å². The second kappa shape index (κ2) is 14.4. The Labute approximate surface area is 243 Å². The Balaban J connectivity index is 1.48. The van der Waals surface area contributed by atoms with Crippen LogP contribution in [0.5, 0.6) is 0 Å². The highest BCUT2D eigenvalue weighted by Gasteiger charge is 2.49. The number of hydrogen-bond acceptors (Lipinski definition) is 8. The number of nitrogens with zero attached hydrogens (tertiary/aromatic N) is 5. The number of piperazine rings is 1. The van der Waals surface area contributed by atoms with Crippen LogP contribution < -0.4 is 4.90 Å². The van der Waals surface area contributed by atoms with Gasteiger partial charge in [-0.05, 0) is 57.2 Å². The van der Waals surface area contributed by atoms with Crippen LogP contribution in [0.1, 0.15) is 31.4 Å². The van der Waals surface area contributed by atoms with Crippen LogP contribution in [0, 0.1) is 11.3 Å². The van der Waals surface area contributed by atoms with E-state index in [-0.39, 0.29) is 23.3 Å². The molecule has 1 aromatic rings. The quantitative estimate of drug-likeness (QED) is 0.250. The number of rotatable bonds is 13. The van der Waals surface area contributed by atoms with E-state index in [1.165, 1.54) is 6.07 Å². The number of halogens is 3. The van der Waals surface area contributed by atoms with Crippen LogP contribution in [0.4, 0.5) is 18.9 Å². The molecule has 0 aromatic heterocycles. The Kier molecular flexibility index (Phi) is 11.5. The standard InChI is InChI=1S/C27H36F3N5O5S/c1-26(2)24(37)35(21-6-5-20(18-31)22(17-21)27(28,29)30)25(41)34(26)8-4-7-32-9-11-33(12-10-32)23(36)19-40-16-15-39-14-13-38-3/h5-6,17H,4,7-16,19H2,1-3H3. The minimum absolute atomic E-state index is 0.00333. The first kappa shape index (κ1) is 32.7. The van der Waals surface area contributed by atoms with Crippen molar-refractivity contribution in [3.63, 3.8) is 0 Å². The molecule has 2 amide bonds. The minimum atomic E-state index is -4.75. The molecule has 0 unspecified atom stereocenters. The fourth-order valence-corrected chi connectivity index (χ4v) is 5.24. The lowest BCUT2D eigenvalue weighted by molar-refractivity contribution is -0.139. The molecular weight excluding hydrogens is 563 g/mol. The van der Waals surface area contributed by atoms with Gasteiger partial charge in [-0.25, -0.2) is 0 Å². The lowest BCUT2D eigenvalue weighted by Gasteiger charge is -2.35. The van der Waals surface area contributed by atoms with Crippen molar-refractivity contribution < 1.29 is 37.0 Å². The first-order chi connectivity index (χ1) is 19.4. The van der Waals surface area contributed by atoms with E-state index in [1.807, 2.05) is 0 Å². The monoisotopic (exact) mass is 599 g/mol. The summed E-state index contributed by atoms with van der Waals surface area (Å²) in [6.45, 7) is 8.76. The number of ether oxygens (including phenoxy) is 3. The molecule has 0 spiro atoms. The Hall–Kier alpha value is -2.83. The lowest BCUT2D eigenvalue weighted by atomic mass is 10.0. The summed E-state index contributed by atoms with van der Waals surface area (Å²) >= 11 is 5.55. The van der Waals surface area contributed by atoms with Crippen LogP contribution in [0.25, 0.3) is 0 Å². The maximum atomic E-state index is 13.5. The molecule has 14 heteroatoms. The van der Waals surface area contributed by atoms with Crippen molar-refractivity contribution in [1.82, 2.24) is 14.7 Å². The van der Waals surface area contributed by atoms with E-state index in [1.54, 1.807) is 36.8 Å². The summed E-state index contributed by atoms with van der Waals surface area (Å²) < 4.78 is 56.1. The number of amides is 2. The highest BCUT2D eigenvalue weighted by Crippen LogP contribution is 2.37. The first-order valence-corrected chi connectivity index (χ1v) is 13.7. The third-order valence-corrected chi connectivity index (χ3v) is 7.52. The van der Waals surface area contributed by atoms with Gasteiger partial charge in [0.05, 0.1) is 49.3 Å². The van der Waals surface area contributed by atoms with Gasteiger partial charge in [-0.2, -0.15) is 18.4 Å². The number of benzene rings is 1. The predicted molar refractivity (Wildman–Crippen MR) is 148 cm³/mol. The van der Waals surface area contributed by atoms with E-state index in [2.05, 4.69) is 4.90 Å². The Morgan fingerprint density at radius 2 is 1.73 bits per heavy atom. The average molecular weight is 600 g/mol. The summed E-state index contributed by atoms with van der Waals surface area (Å²) in [5.74, 6) is -0.503. The van der Waals surface area contributed by atoms with Crippen molar-refractivity contribution in [2.75, 3.05) is 84.3 Å². The van der Waals surface area contributed by atoms with Gasteiger partial charge in [0.25, 0.3) is 5.91 Å². The number of thiocarbonyl (C=S) groups is 1. The zero-order valence-corrected chi connectivity index (χ0v) is 24.4. The number of carbonyl (C=O) groups excluding carboxylic acids is 2. The van der Waals surface area contributed by atoms with Crippen molar-refractivity contribution >= 4 is 34.8 Å². The molecule has 0 atom stereocenters. The van der Waals surface area contributed by atoms with Gasteiger partial charge in [-0.1, -0.05) is 0 Å². The summed E-state index contributed by atoms with van der Waals surface area (Å²) in [5, 5.41) is 9.21. The normalized spacial score (nSPS) is 17.8. The number of alkyl halides is 3. The van der Waals surface area contributed by atoms with E-state index in [0.29, 0.717) is 72.1 Å². The second-order valence-electron chi connectivity index (χ2n) is 10.2. The molecule has 41 heavy (non-hydrogen) atoms. The SMILES string of the molecule is COCCOCCOCC(=O)N1CCN(CCCN2C(=S)N(c3ccc(C#N)c(C(F)(F)F)c3)C(=O)C2(C)C)CC1. The van der Waals surface area contributed by atoms with Crippen molar-refractivity contribution in [3.8, 4) is 6.07 Å². The topological polar surface area (TPSA) is 98.6 Å². The molecule has 2 aliphatic heterocycles. The Bertz CT molecular complexity index is 1140.